The van der Waals surface area contributed by atoms with E-state index in [1.54, 1.807) is 6.26 Å². The average Bonchev–Trinajstić information content (AvgIpc) is 3.92. The van der Waals surface area contributed by atoms with Gasteiger partial charge in [0.1, 0.15) is 5.58 Å². The number of fused-ring (bicyclic) bond motifs is 8. The summed E-state index contributed by atoms with van der Waals surface area (Å²) in [6.07, 6.45) is 10.4. The van der Waals surface area contributed by atoms with E-state index < -0.39 is 0 Å². The first-order chi connectivity index (χ1) is 27.0. The van der Waals surface area contributed by atoms with Gasteiger partial charge in [0.15, 0.2) is 17.5 Å². The third-order valence-electron chi connectivity index (χ3n) is 11.5. The van der Waals surface area contributed by atoms with Crippen LogP contribution in [0, 0.1) is 0 Å². The molecule has 2 aliphatic rings. The number of hydrogen-bond donors (Lipinski definition) is 0. The summed E-state index contributed by atoms with van der Waals surface area (Å²) in [6, 6.07) is 47.8. The molecule has 0 saturated heterocycles. The standard InChI is InChI=1S/C50H36N4O/c1-50(2)41-23-19-31-26-27-55-46(31)45(41)38-22-18-35(30-42(38)50)34-20-24-43-39(28-34)40-29-36(21-25-44(40)54(43)37-16-10-5-11-17-37)49-52-47(32-12-6-3-7-13-32)51-48(53-49)33-14-8-4-9-15-33/h3,5-8,10-30H,4,9H2,1-2H3. The second-order valence-electron chi connectivity index (χ2n) is 15.2. The maximum atomic E-state index is 6.04. The van der Waals surface area contributed by atoms with Gasteiger partial charge in [0.2, 0.25) is 0 Å². The highest BCUT2D eigenvalue weighted by Crippen LogP contribution is 2.52. The summed E-state index contributed by atoms with van der Waals surface area (Å²) in [6.45, 7) is 4.65. The molecule has 3 heterocycles. The Labute approximate surface area is 319 Å². The maximum Gasteiger partial charge on any atom is 0.164 e. The highest BCUT2D eigenvalue weighted by Gasteiger charge is 2.37. The molecular weight excluding hydrogens is 673 g/mol. The van der Waals surface area contributed by atoms with E-state index in [2.05, 4.69) is 152 Å². The van der Waals surface area contributed by atoms with Gasteiger partial charge in [-0.05, 0) is 95.3 Å². The van der Waals surface area contributed by atoms with Crippen LogP contribution in [-0.2, 0) is 5.41 Å². The van der Waals surface area contributed by atoms with Gasteiger partial charge in [-0.1, -0.05) is 111 Å². The Balaban J connectivity index is 1.10. The zero-order valence-electron chi connectivity index (χ0n) is 30.6. The van der Waals surface area contributed by atoms with E-state index in [9.17, 15) is 0 Å². The smallest absolute Gasteiger partial charge is 0.164 e. The van der Waals surface area contributed by atoms with E-state index in [1.807, 2.05) is 18.2 Å². The third kappa shape index (κ3) is 4.96. The monoisotopic (exact) mass is 708 g/mol. The Morgan fingerprint density at radius 2 is 1.25 bits per heavy atom. The molecule has 9 aromatic rings. The molecule has 0 saturated carbocycles. The highest BCUT2D eigenvalue weighted by atomic mass is 16.3. The van der Waals surface area contributed by atoms with Gasteiger partial charge < -0.3 is 8.98 Å². The average molecular weight is 709 g/mol. The minimum absolute atomic E-state index is 0.157. The molecule has 0 fully saturated rings. The number of hydrogen-bond acceptors (Lipinski definition) is 4. The van der Waals surface area contributed by atoms with Crippen molar-refractivity contribution >= 4 is 38.3 Å². The SMILES string of the molecule is CC1(C)c2cc(-c3ccc4c(c3)c3cc(-c5nc(C6=CCCC=C6)nc(-c6ccccc6)n5)ccc3n4-c3ccccc3)ccc2-c2c1ccc1ccoc21. The predicted molar refractivity (Wildman–Crippen MR) is 224 cm³/mol. The van der Waals surface area contributed by atoms with Crippen molar-refractivity contribution in [2.24, 2.45) is 0 Å². The quantitative estimate of drug-likeness (QED) is 0.179. The largest absolute Gasteiger partial charge is 0.464 e. The minimum atomic E-state index is -0.157. The maximum absolute atomic E-state index is 6.04. The zero-order valence-corrected chi connectivity index (χ0v) is 30.6. The molecule has 0 unspecified atom stereocenters. The predicted octanol–water partition coefficient (Wildman–Crippen LogP) is 12.8. The Morgan fingerprint density at radius 3 is 2.02 bits per heavy atom. The minimum Gasteiger partial charge on any atom is -0.464 e. The van der Waals surface area contributed by atoms with Crippen LogP contribution in [0.4, 0.5) is 0 Å². The van der Waals surface area contributed by atoms with Crippen LogP contribution >= 0.6 is 0 Å². The van der Waals surface area contributed by atoms with Crippen molar-refractivity contribution in [1.82, 2.24) is 19.5 Å². The highest BCUT2D eigenvalue weighted by molar-refractivity contribution is 6.11. The fourth-order valence-electron chi connectivity index (χ4n) is 8.75. The Bertz CT molecular complexity index is 3060. The first-order valence-corrected chi connectivity index (χ1v) is 19.0. The number of allylic oxidation sites excluding steroid dienone is 4. The van der Waals surface area contributed by atoms with Crippen LogP contribution in [-0.4, -0.2) is 19.5 Å². The second-order valence-corrected chi connectivity index (χ2v) is 15.2. The van der Waals surface area contributed by atoms with Crippen molar-refractivity contribution in [1.29, 1.82) is 0 Å². The Kier molecular flexibility index (Phi) is 6.96. The molecular formula is C50H36N4O. The van der Waals surface area contributed by atoms with Crippen molar-refractivity contribution in [2.75, 3.05) is 0 Å². The Morgan fingerprint density at radius 1 is 0.582 bits per heavy atom. The number of aromatic nitrogens is 4. The van der Waals surface area contributed by atoms with Crippen LogP contribution in [0.1, 0.15) is 43.6 Å². The van der Waals surface area contributed by atoms with E-state index in [-0.39, 0.29) is 5.41 Å². The van der Waals surface area contributed by atoms with Crippen LogP contribution in [0.3, 0.4) is 0 Å². The van der Waals surface area contributed by atoms with E-state index in [0.29, 0.717) is 17.5 Å². The zero-order chi connectivity index (χ0) is 36.7. The molecule has 3 aromatic heterocycles. The summed E-state index contributed by atoms with van der Waals surface area (Å²) in [4.78, 5) is 15.1. The summed E-state index contributed by atoms with van der Waals surface area (Å²) in [5.41, 5.74) is 14.6. The molecule has 55 heavy (non-hydrogen) atoms. The summed E-state index contributed by atoms with van der Waals surface area (Å²) in [7, 11) is 0. The fraction of sp³-hybridized carbons (Fsp3) is 0.100. The van der Waals surface area contributed by atoms with Gasteiger partial charge in [0.05, 0.1) is 17.3 Å². The van der Waals surface area contributed by atoms with Gasteiger partial charge in [0.25, 0.3) is 0 Å². The molecule has 0 aliphatic heterocycles. The molecule has 2 aliphatic carbocycles. The summed E-state index contributed by atoms with van der Waals surface area (Å²) in [5.74, 6) is 2.03. The van der Waals surface area contributed by atoms with Crippen LogP contribution in [0.25, 0.3) is 89.1 Å². The molecule has 0 bridgehead atoms. The van der Waals surface area contributed by atoms with Crippen molar-refractivity contribution in [3.8, 4) is 50.7 Å². The van der Waals surface area contributed by atoms with Gasteiger partial charge in [-0.15, -0.1) is 0 Å². The second kappa shape index (κ2) is 12.1. The fourth-order valence-corrected chi connectivity index (χ4v) is 8.75. The lowest BCUT2D eigenvalue weighted by molar-refractivity contribution is 0.614. The molecule has 0 amide bonds. The van der Waals surface area contributed by atoms with Crippen molar-refractivity contribution in [3.63, 3.8) is 0 Å². The Hall–Kier alpha value is -6.85. The van der Waals surface area contributed by atoms with Crippen LogP contribution in [0.2, 0.25) is 0 Å². The lowest BCUT2D eigenvalue weighted by Gasteiger charge is -2.22. The van der Waals surface area contributed by atoms with Gasteiger partial charge in [-0.2, -0.15) is 0 Å². The first-order valence-electron chi connectivity index (χ1n) is 19.0. The topological polar surface area (TPSA) is 56.7 Å². The lowest BCUT2D eigenvalue weighted by Crippen LogP contribution is -2.14. The molecule has 0 N–H and O–H groups in total. The lowest BCUT2D eigenvalue weighted by atomic mass is 9.81. The van der Waals surface area contributed by atoms with Crippen molar-refractivity contribution < 1.29 is 4.42 Å². The number of furan rings is 1. The van der Waals surface area contributed by atoms with E-state index in [1.165, 1.54) is 38.8 Å². The van der Waals surface area contributed by atoms with Crippen LogP contribution in [0.5, 0.6) is 0 Å². The summed E-state index contributed by atoms with van der Waals surface area (Å²) in [5, 5.41) is 3.46. The van der Waals surface area contributed by atoms with Gasteiger partial charge in [0, 0.05) is 49.5 Å². The molecule has 262 valence electrons. The number of benzene rings is 6. The van der Waals surface area contributed by atoms with Gasteiger partial charge in [-0.25, -0.2) is 15.0 Å². The number of nitrogens with zero attached hydrogens (tertiary/aromatic N) is 4. The summed E-state index contributed by atoms with van der Waals surface area (Å²) >= 11 is 0. The normalized spacial score (nSPS) is 14.4. The molecule has 5 heteroatoms. The molecule has 5 nitrogen and oxygen atoms in total. The van der Waals surface area contributed by atoms with E-state index in [0.717, 1.165) is 62.6 Å². The van der Waals surface area contributed by atoms with Crippen molar-refractivity contribution in [2.45, 2.75) is 32.1 Å². The van der Waals surface area contributed by atoms with Gasteiger partial charge in [-0.3, -0.25) is 0 Å². The van der Waals surface area contributed by atoms with E-state index >= 15 is 0 Å². The molecule has 11 rings (SSSR count). The number of rotatable bonds is 5. The molecule has 0 spiro atoms. The van der Waals surface area contributed by atoms with Gasteiger partial charge >= 0.3 is 0 Å². The molecule has 6 aromatic carbocycles. The van der Waals surface area contributed by atoms with Crippen LogP contribution in [0.15, 0.2) is 162 Å². The van der Waals surface area contributed by atoms with Crippen LogP contribution < -0.4 is 0 Å². The third-order valence-corrected chi connectivity index (χ3v) is 11.5. The summed E-state index contributed by atoms with van der Waals surface area (Å²) < 4.78 is 8.40. The van der Waals surface area contributed by atoms with Crippen molar-refractivity contribution in [3.05, 3.63) is 175 Å². The van der Waals surface area contributed by atoms with E-state index in [4.69, 9.17) is 19.4 Å². The first kappa shape index (κ1) is 31.7. The molecule has 0 atom stereocenters. The molecule has 0 radical (unpaired) electrons. The number of para-hydroxylation sites is 1.